The van der Waals surface area contributed by atoms with Crippen molar-refractivity contribution in [1.82, 2.24) is 5.73 Å². The summed E-state index contributed by atoms with van der Waals surface area (Å²) in [6, 6.07) is 4.90. The van der Waals surface area contributed by atoms with Crippen LogP contribution < -0.4 is 11.5 Å². The van der Waals surface area contributed by atoms with E-state index in [1.54, 1.807) is 25.1 Å². The minimum Gasteiger partial charge on any atom is -0.366 e. The molecule has 3 nitrogen and oxygen atoms in total. The number of carbonyl (C=O) groups excluding carboxylic acids is 1. The molecule has 3 N–H and O–H groups in total. The monoisotopic (exact) mass is 149 g/mol. The highest BCUT2D eigenvalue weighted by Gasteiger charge is 2.05. The molecule has 1 aromatic rings. The molecular formula is C8H9N2O. The van der Waals surface area contributed by atoms with Crippen LogP contribution in [0.5, 0.6) is 0 Å². The zero-order valence-electron chi connectivity index (χ0n) is 6.22. The molecule has 3 heteroatoms. The third-order valence-corrected chi connectivity index (χ3v) is 1.60. The van der Waals surface area contributed by atoms with Crippen LogP contribution in [0.15, 0.2) is 18.2 Å². The van der Waals surface area contributed by atoms with Gasteiger partial charge in [0.25, 0.3) is 0 Å². The van der Waals surface area contributed by atoms with E-state index in [2.05, 4.69) is 0 Å². The molecule has 0 spiro atoms. The Balaban J connectivity index is 3.27. The molecule has 57 valence electrons. The largest absolute Gasteiger partial charge is 0.366 e. The van der Waals surface area contributed by atoms with Crippen LogP contribution in [0.3, 0.4) is 0 Å². The molecule has 1 rings (SSSR count). The van der Waals surface area contributed by atoms with Gasteiger partial charge in [-0.3, -0.25) is 4.79 Å². The number of amides is 1. The molecule has 0 saturated heterocycles. The Bertz CT molecular complexity index is 294. The number of hydrogen-bond acceptors (Lipinski definition) is 1. The Morgan fingerprint density at radius 2 is 2.18 bits per heavy atom. The molecule has 0 fully saturated rings. The van der Waals surface area contributed by atoms with Gasteiger partial charge in [0, 0.05) is 5.56 Å². The van der Waals surface area contributed by atoms with Crippen molar-refractivity contribution < 1.29 is 4.79 Å². The normalized spacial score (nSPS) is 9.55. The minimum atomic E-state index is -0.475. The van der Waals surface area contributed by atoms with Gasteiger partial charge in [-0.25, -0.2) is 0 Å². The van der Waals surface area contributed by atoms with Crippen LogP contribution in [0.25, 0.3) is 0 Å². The first kappa shape index (κ1) is 7.60. The molecule has 0 aliphatic heterocycles. The first-order valence-electron chi connectivity index (χ1n) is 3.24. The Morgan fingerprint density at radius 3 is 2.64 bits per heavy atom. The number of nitrogens with one attached hydrogen (secondary N) is 1. The van der Waals surface area contributed by atoms with Crippen molar-refractivity contribution in [3.05, 3.63) is 29.3 Å². The minimum absolute atomic E-state index is 0.348. The molecule has 0 aliphatic rings. The van der Waals surface area contributed by atoms with Crippen molar-refractivity contribution in [2.45, 2.75) is 6.92 Å². The molecule has 11 heavy (non-hydrogen) atoms. The van der Waals surface area contributed by atoms with Gasteiger partial charge >= 0.3 is 0 Å². The number of nitrogens with two attached hydrogens (primary N) is 1. The maximum Gasteiger partial charge on any atom is 0.249 e. The maximum atomic E-state index is 10.7. The highest BCUT2D eigenvalue weighted by molar-refractivity contribution is 5.95. The zero-order chi connectivity index (χ0) is 8.43. The fourth-order valence-corrected chi connectivity index (χ4v) is 0.903. The molecule has 0 saturated carbocycles. The average molecular weight is 149 g/mol. The van der Waals surface area contributed by atoms with Crippen molar-refractivity contribution in [1.29, 1.82) is 0 Å². The lowest BCUT2D eigenvalue weighted by Gasteiger charge is -2.02. The van der Waals surface area contributed by atoms with Gasteiger partial charge in [-0.1, -0.05) is 6.07 Å². The van der Waals surface area contributed by atoms with Crippen LogP contribution in [-0.2, 0) is 0 Å². The average Bonchev–Trinajstić information content (AvgIpc) is 1.94. The van der Waals surface area contributed by atoms with Crippen molar-refractivity contribution in [3.8, 4) is 0 Å². The summed E-state index contributed by atoms with van der Waals surface area (Å²) in [4.78, 5) is 10.7. The van der Waals surface area contributed by atoms with Crippen LogP contribution in [0.4, 0.5) is 5.69 Å². The Hall–Kier alpha value is -1.51. The SMILES string of the molecule is Cc1c([NH])cccc1C(N)=O. The predicted octanol–water partition coefficient (Wildman–Crippen LogP) is 1.01. The van der Waals surface area contributed by atoms with E-state index in [0.29, 0.717) is 16.8 Å². The van der Waals surface area contributed by atoms with Gasteiger partial charge in [-0.2, -0.15) is 0 Å². The van der Waals surface area contributed by atoms with E-state index in [4.69, 9.17) is 11.5 Å². The summed E-state index contributed by atoms with van der Waals surface area (Å²) >= 11 is 0. The predicted molar refractivity (Wildman–Crippen MR) is 42.5 cm³/mol. The van der Waals surface area contributed by atoms with E-state index < -0.39 is 5.91 Å². The van der Waals surface area contributed by atoms with Crippen LogP contribution in [0.2, 0.25) is 0 Å². The molecule has 1 radical (unpaired) electrons. The number of primary amides is 1. The van der Waals surface area contributed by atoms with Gasteiger partial charge in [0.2, 0.25) is 5.91 Å². The van der Waals surface area contributed by atoms with Crippen LogP contribution >= 0.6 is 0 Å². The second-order valence-electron chi connectivity index (χ2n) is 2.34. The second kappa shape index (κ2) is 2.62. The first-order chi connectivity index (χ1) is 5.13. The van der Waals surface area contributed by atoms with E-state index in [-0.39, 0.29) is 0 Å². The molecule has 0 unspecified atom stereocenters. The fraction of sp³-hybridized carbons (Fsp3) is 0.125. The summed E-state index contributed by atoms with van der Waals surface area (Å²) < 4.78 is 0. The highest BCUT2D eigenvalue weighted by atomic mass is 16.1. The second-order valence-corrected chi connectivity index (χ2v) is 2.34. The summed E-state index contributed by atoms with van der Waals surface area (Å²) in [5, 5.41) is 0. The van der Waals surface area contributed by atoms with Gasteiger partial charge in [0.05, 0.1) is 5.69 Å². The topological polar surface area (TPSA) is 66.9 Å². The first-order valence-corrected chi connectivity index (χ1v) is 3.24. The number of carbonyl (C=O) groups is 1. The Kier molecular flexibility index (Phi) is 1.81. The molecule has 1 amide bonds. The van der Waals surface area contributed by atoms with Crippen molar-refractivity contribution in [2.24, 2.45) is 5.73 Å². The van der Waals surface area contributed by atoms with E-state index in [0.717, 1.165) is 0 Å². The zero-order valence-corrected chi connectivity index (χ0v) is 6.22. The van der Waals surface area contributed by atoms with Crippen molar-refractivity contribution >= 4 is 11.6 Å². The molecule has 0 heterocycles. The van der Waals surface area contributed by atoms with Crippen LogP contribution in [0.1, 0.15) is 15.9 Å². The number of hydrogen-bond donors (Lipinski definition) is 1. The standard InChI is InChI=1S/C8H9N2O/c1-5-6(8(10)11)3-2-4-7(5)9/h2-4,9H,1H3,(H2,10,11). The van der Waals surface area contributed by atoms with Gasteiger partial charge in [0.15, 0.2) is 0 Å². The molecule has 0 atom stereocenters. The molecule has 0 aromatic heterocycles. The van der Waals surface area contributed by atoms with Gasteiger partial charge in [0.1, 0.15) is 0 Å². The number of benzene rings is 1. The smallest absolute Gasteiger partial charge is 0.249 e. The summed E-state index contributed by atoms with van der Waals surface area (Å²) in [7, 11) is 0. The lowest BCUT2D eigenvalue weighted by molar-refractivity contribution is 0.1000. The lowest BCUT2D eigenvalue weighted by Crippen LogP contribution is -2.12. The van der Waals surface area contributed by atoms with Crippen molar-refractivity contribution in [3.63, 3.8) is 0 Å². The lowest BCUT2D eigenvalue weighted by atomic mass is 10.1. The summed E-state index contributed by atoms with van der Waals surface area (Å²) in [6.45, 7) is 1.71. The van der Waals surface area contributed by atoms with Gasteiger partial charge in [-0.15, -0.1) is 0 Å². The van der Waals surface area contributed by atoms with E-state index in [9.17, 15) is 4.79 Å². The quantitative estimate of drug-likeness (QED) is 0.636. The highest BCUT2D eigenvalue weighted by Crippen LogP contribution is 2.15. The summed E-state index contributed by atoms with van der Waals surface area (Å²) in [5.41, 5.74) is 13.8. The van der Waals surface area contributed by atoms with E-state index >= 15 is 0 Å². The summed E-state index contributed by atoms with van der Waals surface area (Å²) in [6.07, 6.45) is 0. The Labute approximate surface area is 65.0 Å². The molecular weight excluding hydrogens is 140 g/mol. The van der Waals surface area contributed by atoms with E-state index in [1.807, 2.05) is 0 Å². The van der Waals surface area contributed by atoms with E-state index in [1.165, 1.54) is 0 Å². The third kappa shape index (κ3) is 1.32. The Morgan fingerprint density at radius 1 is 1.55 bits per heavy atom. The van der Waals surface area contributed by atoms with Gasteiger partial charge < -0.3 is 11.5 Å². The number of rotatable bonds is 1. The molecule has 0 bridgehead atoms. The summed E-state index contributed by atoms with van der Waals surface area (Å²) in [5.74, 6) is -0.475. The van der Waals surface area contributed by atoms with Crippen LogP contribution in [0, 0.1) is 6.92 Å². The van der Waals surface area contributed by atoms with Crippen LogP contribution in [-0.4, -0.2) is 5.91 Å². The van der Waals surface area contributed by atoms with Crippen molar-refractivity contribution in [2.75, 3.05) is 0 Å². The fourth-order valence-electron chi connectivity index (χ4n) is 0.903. The van der Waals surface area contributed by atoms with Gasteiger partial charge in [-0.05, 0) is 24.6 Å². The third-order valence-electron chi connectivity index (χ3n) is 1.60. The maximum absolute atomic E-state index is 10.7. The molecule has 1 aromatic carbocycles. The molecule has 0 aliphatic carbocycles.